The van der Waals surface area contributed by atoms with E-state index in [9.17, 15) is 0 Å². The summed E-state index contributed by atoms with van der Waals surface area (Å²) in [7, 11) is 0. The summed E-state index contributed by atoms with van der Waals surface area (Å²) >= 11 is 4.61. The molecule has 0 bridgehead atoms. The number of hydrogen-bond acceptors (Lipinski definition) is 13. The van der Waals surface area contributed by atoms with Crippen molar-refractivity contribution in [2.45, 2.75) is 58.1 Å². The van der Waals surface area contributed by atoms with Crippen LogP contribution in [0.2, 0.25) is 0 Å². The van der Waals surface area contributed by atoms with Gasteiger partial charge in [-0.3, -0.25) is 0 Å². The Hall–Kier alpha value is -2.80. The largest absolute Gasteiger partial charge is 0.491 e. The summed E-state index contributed by atoms with van der Waals surface area (Å²) in [5.41, 5.74) is 3.23. The maximum absolute atomic E-state index is 6.02. The number of hydrogen-bond donors (Lipinski definition) is 0. The summed E-state index contributed by atoms with van der Waals surface area (Å²) in [5, 5.41) is 11.3. The van der Waals surface area contributed by atoms with Crippen LogP contribution < -0.4 is 4.74 Å². The molecule has 1 saturated carbocycles. The van der Waals surface area contributed by atoms with Crippen molar-refractivity contribution in [2.75, 3.05) is 106 Å². The minimum Gasteiger partial charge on any atom is -0.491 e. The van der Waals surface area contributed by atoms with Crippen LogP contribution in [0.25, 0.3) is 0 Å². The first-order valence-corrected chi connectivity index (χ1v) is 19.5. The molecule has 1 aromatic carbocycles. The lowest BCUT2D eigenvalue weighted by Gasteiger charge is -2.18. The van der Waals surface area contributed by atoms with E-state index in [4.69, 9.17) is 49.1 Å². The van der Waals surface area contributed by atoms with Crippen LogP contribution in [0.3, 0.4) is 0 Å². The molecule has 0 aliphatic heterocycles. The molecule has 1 fully saturated rings. The van der Waals surface area contributed by atoms with Crippen LogP contribution in [0.4, 0.5) is 5.69 Å². The minimum absolute atomic E-state index is 0.243. The molecule has 4 unspecified atom stereocenters. The monoisotopic (exact) mass is 758 g/mol. The smallest absolute Gasteiger partial charge is 0.119 e. The summed E-state index contributed by atoms with van der Waals surface area (Å²) in [6.45, 7) is 10.3. The highest BCUT2D eigenvalue weighted by Crippen LogP contribution is 2.54. The molecule has 13 nitrogen and oxygen atoms in total. The Labute approximate surface area is 320 Å². The Morgan fingerprint density at radius 1 is 0.792 bits per heavy atom. The van der Waals surface area contributed by atoms with Crippen LogP contribution in [-0.4, -0.2) is 132 Å². The molecule has 0 saturated heterocycles. The van der Waals surface area contributed by atoms with Crippen LogP contribution in [0, 0.1) is 30.1 Å². The molecule has 14 heteroatoms. The summed E-state index contributed by atoms with van der Waals surface area (Å²) in [6.07, 6.45) is 11.7. The lowest BCUT2D eigenvalue weighted by Crippen LogP contribution is -2.28. The van der Waals surface area contributed by atoms with E-state index < -0.39 is 0 Å². The quantitative estimate of drug-likeness (QED) is 0.0456. The van der Waals surface area contributed by atoms with Gasteiger partial charge < -0.3 is 42.6 Å². The molecule has 0 N–H and O–H groups in total. The molecule has 53 heavy (non-hydrogen) atoms. The van der Waals surface area contributed by atoms with Gasteiger partial charge in [-0.05, 0) is 86.3 Å². The van der Waals surface area contributed by atoms with E-state index in [0.29, 0.717) is 99.1 Å². The SMILES string of the molecule is C#CCOCCOCCOCC(COCCCOCCn1nnc2c1CCC1C(CC)C1CC2)OCCOCCOCCOc1ccc(N=C=S)cc1. The molecule has 0 spiro atoms. The van der Waals surface area contributed by atoms with Crippen molar-refractivity contribution in [3.05, 3.63) is 35.7 Å². The molecule has 1 aromatic heterocycles. The van der Waals surface area contributed by atoms with Gasteiger partial charge in [0.2, 0.25) is 0 Å². The number of nitrogens with zero attached hydrogens (tertiary/aromatic N) is 4. The van der Waals surface area contributed by atoms with E-state index in [0.717, 1.165) is 55.0 Å². The zero-order valence-electron chi connectivity index (χ0n) is 31.3. The molecule has 2 aliphatic rings. The van der Waals surface area contributed by atoms with Gasteiger partial charge in [-0.15, -0.1) is 11.5 Å². The number of benzene rings is 1. The van der Waals surface area contributed by atoms with Crippen LogP contribution in [0.15, 0.2) is 29.3 Å². The van der Waals surface area contributed by atoms with Crippen molar-refractivity contribution in [3.63, 3.8) is 0 Å². The topological polar surface area (TPSA) is 126 Å². The van der Waals surface area contributed by atoms with E-state index in [2.05, 4.69) is 50.2 Å². The van der Waals surface area contributed by atoms with Gasteiger partial charge in [0.1, 0.15) is 25.1 Å². The number of thiocarbonyl (C=S) groups is 1. The molecule has 4 atom stereocenters. The number of rotatable bonds is 31. The molecule has 294 valence electrons. The maximum Gasteiger partial charge on any atom is 0.119 e. The summed E-state index contributed by atoms with van der Waals surface area (Å²) in [5.74, 6) is 5.90. The van der Waals surface area contributed by atoms with Gasteiger partial charge in [0.25, 0.3) is 0 Å². The Balaban J connectivity index is 1.02. The number of aryl methyl sites for hydroxylation is 1. The van der Waals surface area contributed by atoms with E-state index in [1.807, 2.05) is 24.3 Å². The summed E-state index contributed by atoms with van der Waals surface area (Å²) in [6, 6.07) is 7.30. The molecule has 2 aliphatic carbocycles. The van der Waals surface area contributed by atoms with Crippen LogP contribution in [-0.2, 0) is 57.3 Å². The predicted octanol–water partition coefficient (Wildman–Crippen LogP) is 4.77. The van der Waals surface area contributed by atoms with Crippen molar-refractivity contribution >= 4 is 23.1 Å². The van der Waals surface area contributed by atoms with Crippen molar-refractivity contribution in [3.8, 4) is 18.1 Å². The fourth-order valence-electron chi connectivity index (χ4n) is 6.65. The predicted molar refractivity (Wildman–Crippen MR) is 203 cm³/mol. The Kier molecular flexibility index (Phi) is 21.8. The normalized spacial score (nSPS) is 18.2. The zero-order valence-corrected chi connectivity index (χ0v) is 32.1. The molecule has 0 amide bonds. The van der Waals surface area contributed by atoms with Crippen molar-refractivity contribution < 1.29 is 42.6 Å². The molecular weight excluding hydrogens is 701 g/mol. The Bertz CT molecular complexity index is 1350. The number of terminal acetylenes is 1. The van der Waals surface area contributed by atoms with Gasteiger partial charge in [0.05, 0.1) is 108 Å². The number of aromatic nitrogens is 3. The number of ether oxygens (including phenoxy) is 9. The highest BCUT2D eigenvalue weighted by atomic mass is 32.1. The number of fused-ring (bicyclic) bond motifs is 2. The molecule has 1 heterocycles. The average molecular weight is 759 g/mol. The minimum atomic E-state index is -0.243. The van der Waals surface area contributed by atoms with E-state index in [-0.39, 0.29) is 12.7 Å². The molecule has 2 aromatic rings. The standard InChI is InChI=1S/C39H58N4O9S/c1-3-15-44-19-20-46-23-24-50-30-34(52-28-26-48-22-21-47-25-27-51-33-8-6-32(7-9-33)40-31-53)29-49-17-5-16-45-18-14-43-39-13-11-37-35(4-2)36(37)10-12-38(39)41-42-43/h1,6-9,34-37H,4-5,10-30H2,2H3. The first-order valence-electron chi connectivity index (χ1n) is 19.0. The maximum atomic E-state index is 6.02. The first kappa shape index (κ1) is 42.9. The van der Waals surface area contributed by atoms with Crippen molar-refractivity contribution in [1.82, 2.24) is 15.0 Å². The fourth-order valence-corrected chi connectivity index (χ4v) is 6.76. The molecule has 4 rings (SSSR count). The first-order chi connectivity index (χ1) is 26.2. The van der Waals surface area contributed by atoms with Crippen LogP contribution in [0.5, 0.6) is 5.75 Å². The van der Waals surface area contributed by atoms with Crippen molar-refractivity contribution in [2.24, 2.45) is 22.7 Å². The summed E-state index contributed by atoms with van der Waals surface area (Å²) in [4.78, 5) is 3.92. The second kappa shape index (κ2) is 26.9. The average Bonchev–Trinajstić information content (AvgIpc) is 3.70. The third kappa shape index (κ3) is 17.0. The zero-order chi connectivity index (χ0) is 37.2. The Morgan fingerprint density at radius 3 is 2.13 bits per heavy atom. The molecule has 0 radical (unpaired) electrons. The van der Waals surface area contributed by atoms with Crippen LogP contribution in [0.1, 0.15) is 44.0 Å². The van der Waals surface area contributed by atoms with E-state index in [1.165, 1.54) is 30.7 Å². The second-order valence-electron chi connectivity index (χ2n) is 12.9. The second-order valence-corrected chi connectivity index (χ2v) is 13.1. The van der Waals surface area contributed by atoms with Gasteiger partial charge in [0.15, 0.2) is 0 Å². The highest BCUT2D eigenvalue weighted by molar-refractivity contribution is 7.78. The van der Waals surface area contributed by atoms with E-state index in [1.54, 1.807) is 0 Å². The third-order valence-corrected chi connectivity index (χ3v) is 9.44. The summed E-state index contributed by atoms with van der Waals surface area (Å²) < 4.78 is 53.4. The number of aliphatic imine (C=N–C) groups is 1. The Morgan fingerprint density at radius 2 is 1.42 bits per heavy atom. The van der Waals surface area contributed by atoms with Gasteiger partial charge in [-0.1, -0.05) is 24.5 Å². The van der Waals surface area contributed by atoms with Gasteiger partial charge in [0, 0.05) is 13.2 Å². The lowest BCUT2D eigenvalue weighted by molar-refractivity contribution is -0.0828. The highest BCUT2D eigenvalue weighted by Gasteiger charge is 2.48. The molecular formula is C39H58N4O9S. The van der Waals surface area contributed by atoms with Gasteiger partial charge in [-0.25, -0.2) is 4.68 Å². The fraction of sp³-hybridized carbons (Fsp3) is 0.718. The number of isothiocyanates is 1. The van der Waals surface area contributed by atoms with Crippen molar-refractivity contribution in [1.29, 1.82) is 0 Å². The van der Waals surface area contributed by atoms with Gasteiger partial charge >= 0.3 is 0 Å². The van der Waals surface area contributed by atoms with Gasteiger partial charge in [-0.2, -0.15) is 4.99 Å². The lowest BCUT2D eigenvalue weighted by atomic mass is 10.0. The van der Waals surface area contributed by atoms with E-state index >= 15 is 0 Å². The third-order valence-electron chi connectivity index (χ3n) is 9.35. The van der Waals surface area contributed by atoms with Crippen LogP contribution >= 0.6 is 12.2 Å².